The Labute approximate surface area is 93.8 Å². The van der Waals surface area contributed by atoms with E-state index in [-0.39, 0.29) is 0 Å². The Morgan fingerprint density at radius 2 is 2.50 bits per heavy atom. The second kappa shape index (κ2) is 6.74. The van der Waals surface area contributed by atoms with E-state index < -0.39 is 0 Å². The summed E-state index contributed by atoms with van der Waals surface area (Å²) >= 11 is 7.59. The number of hydrogen-bond donors (Lipinski definition) is 1. The Morgan fingerprint density at radius 1 is 1.64 bits per heavy atom. The SMILES string of the molecule is C=CCSCCNc1ccnc(Cl)c1. The van der Waals surface area contributed by atoms with Crippen LogP contribution >= 0.6 is 23.4 Å². The van der Waals surface area contributed by atoms with Crippen LogP contribution in [0.1, 0.15) is 0 Å². The topological polar surface area (TPSA) is 24.9 Å². The molecule has 1 rings (SSSR count). The van der Waals surface area contributed by atoms with Crippen molar-refractivity contribution in [2.24, 2.45) is 0 Å². The van der Waals surface area contributed by atoms with Crippen molar-refractivity contribution in [2.75, 3.05) is 23.4 Å². The molecule has 1 N–H and O–H groups in total. The van der Waals surface area contributed by atoms with Gasteiger partial charge in [-0.05, 0) is 12.1 Å². The molecule has 2 nitrogen and oxygen atoms in total. The summed E-state index contributed by atoms with van der Waals surface area (Å²) in [6.45, 7) is 4.59. The van der Waals surface area contributed by atoms with Gasteiger partial charge in [-0.25, -0.2) is 4.98 Å². The molecule has 0 saturated heterocycles. The fourth-order valence-electron chi connectivity index (χ4n) is 0.947. The van der Waals surface area contributed by atoms with Crippen molar-refractivity contribution >= 4 is 29.1 Å². The van der Waals surface area contributed by atoms with Crippen molar-refractivity contribution in [3.05, 3.63) is 36.1 Å². The third-order valence-corrected chi connectivity index (χ3v) is 2.71. The second-order valence-corrected chi connectivity index (χ2v) is 4.19. The summed E-state index contributed by atoms with van der Waals surface area (Å²) in [5, 5.41) is 3.79. The van der Waals surface area contributed by atoms with E-state index in [9.17, 15) is 0 Å². The first-order valence-electron chi connectivity index (χ1n) is 4.37. The number of pyridine rings is 1. The van der Waals surface area contributed by atoms with Crippen LogP contribution in [-0.4, -0.2) is 23.0 Å². The van der Waals surface area contributed by atoms with E-state index in [1.54, 1.807) is 6.20 Å². The number of hydrogen-bond acceptors (Lipinski definition) is 3. The van der Waals surface area contributed by atoms with Gasteiger partial charge in [0.2, 0.25) is 0 Å². The molecule has 0 aliphatic carbocycles. The molecule has 0 radical (unpaired) electrons. The fraction of sp³-hybridized carbons (Fsp3) is 0.300. The van der Waals surface area contributed by atoms with E-state index in [4.69, 9.17) is 11.6 Å². The second-order valence-electron chi connectivity index (χ2n) is 2.66. The minimum Gasteiger partial charge on any atom is -0.384 e. The van der Waals surface area contributed by atoms with Gasteiger partial charge in [0, 0.05) is 29.9 Å². The molecule has 1 aromatic heterocycles. The first-order valence-corrected chi connectivity index (χ1v) is 5.90. The molecule has 1 heterocycles. The highest BCUT2D eigenvalue weighted by atomic mass is 35.5. The number of rotatable bonds is 6. The van der Waals surface area contributed by atoms with Gasteiger partial charge in [0.05, 0.1) is 0 Å². The predicted octanol–water partition coefficient (Wildman–Crippen LogP) is 3.07. The van der Waals surface area contributed by atoms with E-state index in [1.165, 1.54) is 0 Å². The van der Waals surface area contributed by atoms with Crippen molar-refractivity contribution < 1.29 is 0 Å². The van der Waals surface area contributed by atoms with Gasteiger partial charge < -0.3 is 5.32 Å². The maximum atomic E-state index is 5.74. The lowest BCUT2D eigenvalue weighted by Crippen LogP contribution is -2.04. The molecule has 0 aromatic carbocycles. The summed E-state index contributed by atoms with van der Waals surface area (Å²) in [7, 11) is 0. The Morgan fingerprint density at radius 3 is 3.21 bits per heavy atom. The lowest BCUT2D eigenvalue weighted by molar-refractivity contribution is 1.21. The number of aromatic nitrogens is 1. The van der Waals surface area contributed by atoms with Gasteiger partial charge in [-0.15, -0.1) is 6.58 Å². The summed E-state index contributed by atoms with van der Waals surface area (Å²) in [5.74, 6) is 2.06. The van der Waals surface area contributed by atoms with Gasteiger partial charge in [0.1, 0.15) is 5.15 Å². The minimum absolute atomic E-state index is 0.522. The van der Waals surface area contributed by atoms with Crippen LogP contribution in [-0.2, 0) is 0 Å². The van der Waals surface area contributed by atoms with E-state index in [0.717, 1.165) is 23.7 Å². The quantitative estimate of drug-likeness (QED) is 0.460. The van der Waals surface area contributed by atoms with Gasteiger partial charge >= 0.3 is 0 Å². The monoisotopic (exact) mass is 228 g/mol. The number of halogens is 1. The third kappa shape index (κ3) is 4.53. The van der Waals surface area contributed by atoms with E-state index >= 15 is 0 Å². The summed E-state index contributed by atoms with van der Waals surface area (Å²) in [4.78, 5) is 3.90. The van der Waals surface area contributed by atoms with Gasteiger partial charge in [-0.3, -0.25) is 0 Å². The Kier molecular flexibility index (Phi) is 5.49. The molecule has 0 amide bonds. The maximum Gasteiger partial charge on any atom is 0.131 e. The number of thioether (sulfide) groups is 1. The van der Waals surface area contributed by atoms with Crippen LogP contribution < -0.4 is 5.32 Å². The fourth-order valence-corrected chi connectivity index (χ4v) is 1.70. The minimum atomic E-state index is 0.522. The molecule has 4 heteroatoms. The smallest absolute Gasteiger partial charge is 0.131 e. The number of nitrogens with zero attached hydrogens (tertiary/aromatic N) is 1. The normalized spacial score (nSPS) is 9.79. The van der Waals surface area contributed by atoms with Crippen molar-refractivity contribution in [3.63, 3.8) is 0 Å². The van der Waals surface area contributed by atoms with Crippen LogP contribution in [0, 0.1) is 0 Å². The number of nitrogens with one attached hydrogen (secondary N) is 1. The highest BCUT2D eigenvalue weighted by molar-refractivity contribution is 7.99. The molecular weight excluding hydrogens is 216 g/mol. The summed E-state index contributed by atoms with van der Waals surface area (Å²) in [5.41, 5.74) is 1.02. The lowest BCUT2D eigenvalue weighted by atomic mass is 10.4. The van der Waals surface area contributed by atoms with E-state index in [1.807, 2.05) is 30.0 Å². The van der Waals surface area contributed by atoms with Crippen molar-refractivity contribution in [1.29, 1.82) is 0 Å². The average Bonchev–Trinajstić information content (AvgIpc) is 2.18. The lowest BCUT2D eigenvalue weighted by Gasteiger charge is -2.04. The van der Waals surface area contributed by atoms with Gasteiger partial charge in [-0.1, -0.05) is 17.7 Å². The molecular formula is C10H13ClN2S. The molecule has 0 aliphatic heterocycles. The maximum absolute atomic E-state index is 5.74. The number of anilines is 1. The molecule has 0 unspecified atom stereocenters. The van der Waals surface area contributed by atoms with Gasteiger partial charge in [-0.2, -0.15) is 11.8 Å². The highest BCUT2D eigenvalue weighted by Gasteiger charge is 1.93. The summed E-state index contributed by atoms with van der Waals surface area (Å²) in [6, 6.07) is 3.73. The van der Waals surface area contributed by atoms with Crippen molar-refractivity contribution in [3.8, 4) is 0 Å². The Hall–Kier alpha value is -0.670. The summed E-state index contributed by atoms with van der Waals surface area (Å²) < 4.78 is 0. The Bertz CT molecular complexity index is 291. The van der Waals surface area contributed by atoms with E-state index in [2.05, 4.69) is 16.9 Å². The van der Waals surface area contributed by atoms with Gasteiger partial charge in [0.15, 0.2) is 0 Å². The molecule has 0 atom stereocenters. The van der Waals surface area contributed by atoms with Crippen molar-refractivity contribution in [1.82, 2.24) is 4.98 Å². The predicted molar refractivity (Wildman–Crippen MR) is 65.3 cm³/mol. The zero-order valence-electron chi connectivity index (χ0n) is 7.87. The van der Waals surface area contributed by atoms with Crippen LogP contribution in [0.3, 0.4) is 0 Å². The van der Waals surface area contributed by atoms with Crippen LogP contribution in [0.4, 0.5) is 5.69 Å². The standard InChI is InChI=1S/C10H13ClN2S/c1-2-6-14-7-5-12-9-3-4-13-10(11)8-9/h2-4,8H,1,5-7H2,(H,12,13). The van der Waals surface area contributed by atoms with Crippen molar-refractivity contribution in [2.45, 2.75) is 0 Å². The molecule has 0 fully saturated rings. The first-order chi connectivity index (χ1) is 6.83. The Balaban J connectivity index is 2.21. The largest absolute Gasteiger partial charge is 0.384 e. The molecule has 0 spiro atoms. The van der Waals surface area contributed by atoms with E-state index in [0.29, 0.717) is 5.15 Å². The molecule has 76 valence electrons. The third-order valence-electron chi connectivity index (χ3n) is 1.54. The van der Waals surface area contributed by atoms with Crippen LogP contribution in [0.15, 0.2) is 31.0 Å². The molecule has 14 heavy (non-hydrogen) atoms. The zero-order chi connectivity index (χ0) is 10.2. The van der Waals surface area contributed by atoms with Crippen LogP contribution in [0.5, 0.6) is 0 Å². The molecule has 1 aromatic rings. The molecule has 0 saturated carbocycles. The highest BCUT2D eigenvalue weighted by Crippen LogP contribution is 2.11. The van der Waals surface area contributed by atoms with Crippen LogP contribution in [0.2, 0.25) is 5.15 Å². The molecule has 0 bridgehead atoms. The average molecular weight is 229 g/mol. The van der Waals surface area contributed by atoms with Gasteiger partial charge in [0.25, 0.3) is 0 Å². The van der Waals surface area contributed by atoms with Crippen LogP contribution in [0.25, 0.3) is 0 Å². The molecule has 0 aliphatic rings. The zero-order valence-corrected chi connectivity index (χ0v) is 9.44. The first kappa shape index (κ1) is 11.4. The summed E-state index contributed by atoms with van der Waals surface area (Å²) in [6.07, 6.45) is 3.61.